The molecule has 0 saturated heterocycles. The van der Waals surface area contributed by atoms with Crippen molar-refractivity contribution in [1.29, 1.82) is 0 Å². The van der Waals surface area contributed by atoms with Gasteiger partial charge in [0.05, 0.1) is 6.04 Å². The zero-order valence-electron chi connectivity index (χ0n) is 12.7. The summed E-state index contributed by atoms with van der Waals surface area (Å²) in [5, 5.41) is 2.22. The van der Waals surface area contributed by atoms with Gasteiger partial charge in [-0.3, -0.25) is 4.79 Å². The molecule has 0 aromatic heterocycles. The molecule has 1 aromatic carbocycles. The summed E-state index contributed by atoms with van der Waals surface area (Å²) in [5.74, 6) is -2.07. The van der Waals surface area contributed by atoms with E-state index in [1.165, 1.54) is 6.92 Å². The number of nitrogens with two attached hydrogens (primary N) is 1. The average Bonchev–Trinajstić information content (AvgIpc) is 2.49. The Balaban J connectivity index is 0.00000264. The first-order valence-corrected chi connectivity index (χ1v) is 7.84. The number of ether oxygens (including phenoxy) is 1. The van der Waals surface area contributed by atoms with Gasteiger partial charge in [0.1, 0.15) is 16.7 Å². The number of carbonyl (C=O) groups excluding carboxylic acids is 2. The Hall–Kier alpha value is -0.970. The van der Waals surface area contributed by atoms with Gasteiger partial charge in [0.2, 0.25) is 0 Å². The van der Waals surface area contributed by atoms with Crippen LogP contribution in [0.25, 0.3) is 0 Å². The fraction of sp³-hybridized carbons (Fsp3) is 0.385. The number of ketones is 1. The van der Waals surface area contributed by atoms with Gasteiger partial charge < -0.3 is 20.3 Å². The molecule has 0 radical (unpaired) electrons. The Labute approximate surface area is 155 Å². The molecule has 2 rings (SSSR count). The van der Waals surface area contributed by atoms with Crippen LogP contribution >= 0.6 is 0 Å². The van der Waals surface area contributed by atoms with Gasteiger partial charge in [0.15, 0.2) is 10.7 Å². The quantitative estimate of drug-likeness (QED) is 0.428. The molecule has 1 saturated carbocycles. The third kappa shape index (κ3) is 3.76. The number of rotatable bonds is 4. The Kier molecular flexibility index (Phi) is 6.36. The summed E-state index contributed by atoms with van der Waals surface area (Å²) < 4.78 is 38.1. The van der Waals surface area contributed by atoms with Crippen molar-refractivity contribution in [3.63, 3.8) is 0 Å². The first-order chi connectivity index (χ1) is 10.2. The van der Waals surface area contributed by atoms with Crippen LogP contribution in [-0.4, -0.2) is 35.8 Å². The van der Waals surface area contributed by atoms with Crippen molar-refractivity contribution in [1.82, 2.24) is 5.32 Å². The second kappa shape index (κ2) is 7.29. The molecule has 3 atom stereocenters. The molecule has 1 amide bonds. The predicted octanol–water partition coefficient (Wildman–Crippen LogP) is -3.30. The van der Waals surface area contributed by atoms with E-state index in [1.54, 1.807) is 24.3 Å². The third-order valence-corrected chi connectivity index (χ3v) is 5.14. The Morgan fingerprint density at radius 1 is 1.39 bits per heavy atom. The largest absolute Gasteiger partial charge is 1.00 e. The van der Waals surface area contributed by atoms with Crippen LogP contribution in [-0.2, 0) is 26.3 Å². The Bertz CT molecular complexity index is 696. The van der Waals surface area contributed by atoms with Crippen LogP contribution < -0.4 is 40.6 Å². The van der Waals surface area contributed by atoms with E-state index in [9.17, 15) is 22.6 Å². The molecule has 3 unspecified atom stereocenters. The number of amides is 1. The van der Waals surface area contributed by atoms with Crippen LogP contribution in [0.1, 0.15) is 12.5 Å². The molecule has 10 heteroatoms. The van der Waals surface area contributed by atoms with Crippen LogP contribution in [0.5, 0.6) is 0 Å². The van der Waals surface area contributed by atoms with Gasteiger partial charge in [0, 0.05) is 5.92 Å². The van der Waals surface area contributed by atoms with E-state index < -0.39 is 38.8 Å². The van der Waals surface area contributed by atoms with Gasteiger partial charge >= 0.3 is 35.7 Å². The maximum atomic E-state index is 11.8. The van der Waals surface area contributed by atoms with E-state index in [2.05, 4.69) is 5.32 Å². The molecular formula is C13H15N2NaO6S. The van der Waals surface area contributed by atoms with Gasteiger partial charge in [-0.05, 0) is 5.56 Å². The minimum Gasteiger partial charge on any atom is -0.746 e. The molecule has 0 aliphatic heterocycles. The van der Waals surface area contributed by atoms with Gasteiger partial charge in [-0.15, -0.1) is 0 Å². The van der Waals surface area contributed by atoms with E-state index in [0.717, 1.165) is 5.56 Å². The van der Waals surface area contributed by atoms with Crippen LogP contribution in [0.4, 0.5) is 4.79 Å². The molecule has 0 spiro atoms. The summed E-state index contributed by atoms with van der Waals surface area (Å²) in [6, 6.07) is 7.70. The fourth-order valence-corrected chi connectivity index (χ4v) is 3.24. The number of hydrogen-bond acceptors (Lipinski definition) is 7. The van der Waals surface area contributed by atoms with Crippen LogP contribution in [0.3, 0.4) is 0 Å². The average molecular weight is 350 g/mol. The van der Waals surface area contributed by atoms with Gasteiger partial charge in [0.25, 0.3) is 0 Å². The van der Waals surface area contributed by atoms with Crippen molar-refractivity contribution in [3.8, 4) is 0 Å². The summed E-state index contributed by atoms with van der Waals surface area (Å²) in [5.41, 5.74) is 6.11. The predicted molar refractivity (Wildman–Crippen MR) is 74.3 cm³/mol. The zero-order chi connectivity index (χ0) is 16.5. The minimum atomic E-state index is -5.00. The van der Waals surface area contributed by atoms with Crippen molar-refractivity contribution in [2.45, 2.75) is 24.4 Å². The van der Waals surface area contributed by atoms with Gasteiger partial charge in [-0.25, -0.2) is 13.2 Å². The summed E-state index contributed by atoms with van der Waals surface area (Å²) >= 11 is 0. The number of Topliss-reactive ketones (excluding diaryl/α,β-unsaturated/α-hetero) is 1. The molecule has 1 aliphatic rings. The Morgan fingerprint density at radius 2 is 1.96 bits per heavy atom. The molecule has 120 valence electrons. The summed E-state index contributed by atoms with van der Waals surface area (Å²) in [6.07, 6.45) is -0.889. The van der Waals surface area contributed by atoms with E-state index in [0.29, 0.717) is 0 Å². The first-order valence-electron chi connectivity index (χ1n) is 6.43. The number of carbonyl (C=O) groups is 2. The maximum Gasteiger partial charge on any atom is 1.00 e. The first kappa shape index (κ1) is 20.1. The number of nitrogens with one attached hydrogen (secondary N) is 1. The Morgan fingerprint density at radius 3 is 2.43 bits per heavy atom. The number of benzene rings is 1. The van der Waals surface area contributed by atoms with Gasteiger partial charge in [-0.1, -0.05) is 37.3 Å². The number of hydrogen-bond donors (Lipinski definition) is 2. The SMILES string of the molecule is CC1C(NC(=O)OCc2ccccc2)C(=O)C1(N)S(=O)(=O)[O-].[Na+]. The van der Waals surface area contributed by atoms with Crippen molar-refractivity contribution in [2.24, 2.45) is 11.7 Å². The smallest absolute Gasteiger partial charge is 0.746 e. The summed E-state index contributed by atoms with van der Waals surface area (Å²) in [4.78, 5) is 20.9. The minimum absolute atomic E-state index is 0. The molecule has 23 heavy (non-hydrogen) atoms. The van der Waals surface area contributed by atoms with Crippen molar-refractivity contribution in [3.05, 3.63) is 35.9 Å². The molecule has 3 N–H and O–H groups in total. The standard InChI is InChI=1S/C13H16N2O6S.Na/c1-8-10(11(16)13(8,14)22(18,19)20)15-12(17)21-7-9-5-3-2-4-6-9;/h2-6,8,10H,7,14H2,1H3,(H,15,17)(H,18,19,20);/q;+1/p-1. The van der Waals surface area contributed by atoms with Crippen molar-refractivity contribution < 1.29 is 56.9 Å². The van der Waals surface area contributed by atoms with E-state index in [-0.39, 0.29) is 36.2 Å². The molecule has 8 nitrogen and oxygen atoms in total. The van der Waals surface area contributed by atoms with Gasteiger partial charge in [-0.2, -0.15) is 0 Å². The second-order valence-electron chi connectivity index (χ2n) is 5.08. The molecule has 0 heterocycles. The van der Waals surface area contributed by atoms with Crippen LogP contribution in [0.2, 0.25) is 0 Å². The number of alkyl carbamates (subject to hydrolysis) is 1. The molecular weight excluding hydrogens is 335 g/mol. The van der Waals surface area contributed by atoms with Crippen LogP contribution in [0, 0.1) is 5.92 Å². The van der Waals surface area contributed by atoms with Crippen molar-refractivity contribution >= 4 is 22.0 Å². The molecule has 1 aromatic rings. The second-order valence-corrected chi connectivity index (χ2v) is 6.67. The van der Waals surface area contributed by atoms with E-state index in [4.69, 9.17) is 10.5 Å². The molecule has 1 aliphatic carbocycles. The maximum absolute atomic E-state index is 11.8. The molecule has 1 fully saturated rings. The summed E-state index contributed by atoms with van der Waals surface area (Å²) in [7, 11) is -5.00. The third-order valence-electron chi connectivity index (χ3n) is 3.74. The van der Waals surface area contributed by atoms with Crippen molar-refractivity contribution in [2.75, 3.05) is 0 Å². The fourth-order valence-electron chi connectivity index (χ4n) is 2.28. The monoisotopic (exact) mass is 350 g/mol. The normalized spacial score (nSPS) is 26.7. The molecule has 0 bridgehead atoms. The summed E-state index contributed by atoms with van der Waals surface area (Å²) in [6.45, 7) is 1.30. The van der Waals surface area contributed by atoms with E-state index >= 15 is 0 Å². The zero-order valence-corrected chi connectivity index (χ0v) is 15.5. The topological polar surface area (TPSA) is 139 Å². The van der Waals surface area contributed by atoms with E-state index in [1.807, 2.05) is 6.07 Å². The van der Waals surface area contributed by atoms with Crippen LogP contribution in [0.15, 0.2) is 30.3 Å².